The van der Waals surface area contributed by atoms with Gasteiger partial charge in [-0.25, -0.2) is 5.01 Å². The third kappa shape index (κ3) is 4.24. The number of hydrazone groups is 1. The third-order valence-corrected chi connectivity index (χ3v) is 5.18. The minimum Gasteiger partial charge on any atom is -0.497 e. The summed E-state index contributed by atoms with van der Waals surface area (Å²) >= 11 is 1.10. The summed E-state index contributed by atoms with van der Waals surface area (Å²) < 4.78 is 13.5. The zero-order valence-corrected chi connectivity index (χ0v) is 16.6. The van der Waals surface area contributed by atoms with Crippen molar-refractivity contribution in [3.05, 3.63) is 48.0 Å². The van der Waals surface area contributed by atoms with Gasteiger partial charge in [0, 0.05) is 19.3 Å². The van der Waals surface area contributed by atoms with Crippen LogP contribution in [-0.2, 0) is 9.59 Å². The summed E-state index contributed by atoms with van der Waals surface area (Å²) in [6, 6.07) is 13.0. The Bertz CT molecular complexity index is 1080. The first-order chi connectivity index (χ1) is 14.1. The summed E-state index contributed by atoms with van der Waals surface area (Å²) in [5.41, 5.74) is 3.79. The van der Waals surface area contributed by atoms with Crippen molar-refractivity contribution in [3.8, 4) is 5.75 Å². The summed E-state index contributed by atoms with van der Waals surface area (Å²) in [6.45, 7) is 0.218. The second kappa shape index (κ2) is 8.36. The highest BCUT2D eigenvalue weighted by Gasteiger charge is 2.22. The van der Waals surface area contributed by atoms with Gasteiger partial charge in [-0.2, -0.15) is 13.8 Å². The summed E-state index contributed by atoms with van der Waals surface area (Å²) in [7, 11) is 1.62. The van der Waals surface area contributed by atoms with Crippen molar-refractivity contribution in [2.75, 3.05) is 19.0 Å². The Labute approximate surface area is 171 Å². The molecule has 1 N–H and O–H groups in total. The first kappa shape index (κ1) is 19.0. The number of aromatic nitrogens is 2. The van der Waals surface area contributed by atoms with E-state index >= 15 is 0 Å². The molecule has 1 aromatic heterocycles. The number of hydrogen-bond donors (Lipinski definition) is 1. The zero-order chi connectivity index (χ0) is 20.2. The van der Waals surface area contributed by atoms with Crippen LogP contribution < -0.4 is 10.1 Å². The number of nitrogens with one attached hydrogen (secondary N) is 1. The van der Waals surface area contributed by atoms with Gasteiger partial charge in [0.05, 0.1) is 36.8 Å². The first-order valence-electron chi connectivity index (χ1n) is 9.17. The summed E-state index contributed by atoms with van der Waals surface area (Å²) in [5, 5.41) is 8.70. The number of anilines is 1. The number of methoxy groups -OCH3 is 1. The number of benzene rings is 2. The molecule has 0 spiro atoms. The van der Waals surface area contributed by atoms with Crippen LogP contribution in [0.3, 0.4) is 0 Å². The monoisotopic (exact) mass is 409 g/mol. The maximum absolute atomic E-state index is 12.4. The van der Waals surface area contributed by atoms with E-state index in [1.165, 1.54) is 5.01 Å². The molecular weight excluding hydrogens is 390 g/mol. The van der Waals surface area contributed by atoms with Crippen molar-refractivity contribution >= 4 is 46.0 Å². The Morgan fingerprint density at radius 3 is 2.79 bits per heavy atom. The average molecular weight is 409 g/mol. The normalized spacial score (nSPS) is 14.0. The van der Waals surface area contributed by atoms with Crippen LogP contribution in [-0.4, -0.2) is 44.9 Å². The highest BCUT2D eigenvalue weighted by Crippen LogP contribution is 2.22. The van der Waals surface area contributed by atoms with Crippen LogP contribution in [0.25, 0.3) is 11.0 Å². The van der Waals surface area contributed by atoms with E-state index in [0.29, 0.717) is 24.0 Å². The zero-order valence-electron chi connectivity index (χ0n) is 15.8. The number of carbonyl (C=O) groups is 2. The smallest absolute Gasteiger partial charge is 0.243 e. The second-order valence-corrected chi connectivity index (χ2v) is 7.06. The molecule has 29 heavy (non-hydrogen) atoms. The minimum atomic E-state index is -0.204. The van der Waals surface area contributed by atoms with Crippen molar-refractivity contribution < 1.29 is 14.3 Å². The molecule has 2 aromatic carbocycles. The van der Waals surface area contributed by atoms with E-state index in [-0.39, 0.29) is 24.8 Å². The average Bonchev–Trinajstić information content (AvgIpc) is 3.23. The van der Waals surface area contributed by atoms with E-state index in [0.717, 1.165) is 34.3 Å². The van der Waals surface area contributed by atoms with E-state index in [1.807, 2.05) is 36.4 Å². The number of amides is 2. The molecule has 4 rings (SSSR count). The standard InChI is InChI=1S/C20H19N5O3S/c1-28-14-7-5-13(6-8-14)15-9-10-19(27)25(22-15)12-11-18(26)21-16-3-2-4-17-20(16)24-29-23-17/h2-8H,9-12H2,1H3,(H,21,26). The predicted octanol–water partition coefficient (Wildman–Crippen LogP) is 3.06. The topological polar surface area (TPSA) is 96.8 Å². The lowest BCUT2D eigenvalue weighted by Crippen LogP contribution is -2.34. The molecule has 0 radical (unpaired) electrons. The highest BCUT2D eigenvalue weighted by molar-refractivity contribution is 7.00. The molecule has 3 aromatic rings. The van der Waals surface area contributed by atoms with E-state index in [1.54, 1.807) is 13.2 Å². The summed E-state index contributed by atoms with van der Waals surface area (Å²) in [5.74, 6) is 0.478. The Balaban J connectivity index is 1.41. The van der Waals surface area contributed by atoms with Gasteiger partial charge in [-0.3, -0.25) is 9.59 Å². The first-order valence-corrected chi connectivity index (χ1v) is 9.90. The Morgan fingerprint density at radius 1 is 1.17 bits per heavy atom. The molecule has 0 unspecified atom stereocenters. The molecule has 8 nitrogen and oxygen atoms in total. The van der Waals surface area contributed by atoms with Gasteiger partial charge in [0.2, 0.25) is 11.8 Å². The quantitative estimate of drug-likeness (QED) is 0.675. The van der Waals surface area contributed by atoms with Crippen LogP contribution >= 0.6 is 11.7 Å². The molecule has 2 amide bonds. The van der Waals surface area contributed by atoms with Gasteiger partial charge in [0.15, 0.2) is 0 Å². The van der Waals surface area contributed by atoms with Crippen LogP contribution in [0.5, 0.6) is 5.75 Å². The summed E-state index contributed by atoms with van der Waals surface area (Å²) in [4.78, 5) is 24.6. The Hall–Kier alpha value is -3.33. The van der Waals surface area contributed by atoms with E-state index in [4.69, 9.17) is 4.74 Å². The molecule has 0 bridgehead atoms. The van der Waals surface area contributed by atoms with Crippen LogP contribution in [0.1, 0.15) is 24.8 Å². The molecule has 0 aliphatic carbocycles. The largest absolute Gasteiger partial charge is 0.497 e. The molecule has 0 saturated heterocycles. The molecule has 1 aliphatic rings. The van der Waals surface area contributed by atoms with Crippen molar-refractivity contribution in [1.82, 2.24) is 13.8 Å². The van der Waals surface area contributed by atoms with Crippen LogP contribution in [0.4, 0.5) is 5.69 Å². The molecular formula is C20H19N5O3S. The second-order valence-electron chi connectivity index (χ2n) is 6.53. The fourth-order valence-electron chi connectivity index (χ4n) is 3.09. The fraction of sp³-hybridized carbons (Fsp3) is 0.250. The number of carbonyl (C=O) groups excluding carboxylic acids is 2. The van der Waals surface area contributed by atoms with Gasteiger partial charge < -0.3 is 10.1 Å². The maximum atomic E-state index is 12.4. The van der Waals surface area contributed by atoms with Crippen molar-refractivity contribution in [2.45, 2.75) is 19.3 Å². The predicted molar refractivity (Wildman–Crippen MR) is 111 cm³/mol. The van der Waals surface area contributed by atoms with Gasteiger partial charge >= 0.3 is 0 Å². The minimum absolute atomic E-state index is 0.0825. The number of ether oxygens (including phenoxy) is 1. The SMILES string of the molecule is COc1ccc(C2=NN(CCC(=O)Nc3cccc4nsnc34)C(=O)CC2)cc1. The molecule has 0 fully saturated rings. The molecule has 0 saturated carbocycles. The lowest BCUT2D eigenvalue weighted by molar-refractivity contribution is -0.132. The third-order valence-electron chi connectivity index (χ3n) is 4.64. The van der Waals surface area contributed by atoms with Crippen molar-refractivity contribution in [1.29, 1.82) is 0 Å². The maximum Gasteiger partial charge on any atom is 0.243 e. The van der Waals surface area contributed by atoms with E-state index < -0.39 is 0 Å². The van der Waals surface area contributed by atoms with E-state index in [2.05, 4.69) is 19.2 Å². The Morgan fingerprint density at radius 2 is 2.00 bits per heavy atom. The van der Waals surface area contributed by atoms with Gasteiger partial charge in [0.1, 0.15) is 16.8 Å². The molecule has 148 valence electrons. The van der Waals surface area contributed by atoms with Crippen molar-refractivity contribution in [3.63, 3.8) is 0 Å². The Kier molecular flexibility index (Phi) is 5.48. The number of fused-ring (bicyclic) bond motifs is 1. The fourth-order valence-corrected chi connectivity index (χ4v) is 3.64. The van der Waals surface area contributed by atoms with Crippen LogP contribution in [0.15, 0.2) is 47.6 Å². The lowest BCUT2D eigenvalue weighted by atomic mass is 10.0. The van der Waals surface area contributed by atoms with Crippen LogP contribution in [0, 0.1) is 0 Å². The van der Waals surface area contributed by atoms with Gasteiger partial charge in [-0.15, -0.1) is 0 Å². The van der Waals surface area contributed by atoms with Gasteiger partial charge in [0.25, 0.3) is 0 Å². The summed E-state index contributed by atoms with van der Waals surface area (Å²) in [6.07, 6.45) is 1.09. The lowest BCUT2D eigenvalue weighted by Gasteiger charge is -2.23. The van der Waals surface area contributed by atoms with E-state index in [9.17, 15) is 9.59 Å². The molecule has 9 heteroatoms. The van der Waals surface area contributed by atoms with Crippen molar-refractivity contribution in [2.24, 2.45) is 5.10 Å². The number of nitrogens with zero attached hydrogens (tertiary/aromatic N) is 4. The molecule has 1 aliphatic heterocycles. The number of rotatable bonds is 6. The molecule has 0 atom stereocenters. The number of hydrogen-bond acceptors (Lipinski definition) is 7. The van der Waals surface area contributed by atoms with Gasteiger partial charge in [-0.1, -0.05) is 6.07 Å². The van der Waals surface area contributed by atoms with Gasteiger partial charge in [-0.05, 0) is 42.0 Å². The van der Waals surface area contributed by atoms with Crippen LogP contribution in [0.2, 0.25) is 0 Å². The highest BCUT2D eigenvalue weighted by atomic mass is 32.1. The molecule has 2 heterocycles.